The van der Waals surface area contributed by atoms with Crippen molar-refractivity contribution in [2.24, 2.45) is 14.1 Å². The van der Waals surface area contributed by atoms with E-state index in [9.17, 15) is 9.59 Å². The van der Waals surface area contributed by atoms with Crippen molar-refractivity contribution in [1.82, 2.24) is 24.0 Å². The zero-order valence-electron chi connectivity index (χ0n) is 15.6. The zero-order valence-corrected chi connectivity index (χ0v) is 16.4. The number of aromatic nitrogens is 4. The van der Waals surface area contributed by atoms with Crippen molar-refractivity contribution in [3.05, 3.63) is 55.7 Å². The second-order valence-electron chi connectivity index (χ2n) is 6.31. The van der Waals surface area contributed by atoms with E-state index in [-0.39, 0.29) is 12.1 Å². The van der Waals surface area contributed by atoms with Gasteiger partial charge in [-0.15, -0.1) is 0 Å². The van der Waals surface area contributed by atoms with Crippen LogP contribution >= 0.6 is 11.6 Å². The number of hydrogen-bond acceptors (Lipinski definition) is 5. The maximum atomic E-state index is 13.0. The number of anilines is 1. The minimum Gasteiger partial charge on any atom is -0.354 e. The van der Waals surface area contributed by atoms with Crippen molar-refractivity contribution < 1.29 is 0 Å². The Hall–Kier alpha value is -2.58. The molecule has 0 unspecified atom stereocenters. The second kappa shape index (κ2) is 7.98. The quantitative estimate of drug-likeness (QED) is 0.591. The Morgan fingerprint density at radius 3 is 2.63 bits per heavy atom. The van der Waals surface area contributed by atoms with Crippen LogP contribution in [0.3, 0.4) is 0 Å². The van der Waals surface area contributed by atoms with Gasteiger partial charge < -0.3 is 15.2 Å². The van der Waals surface area contributed by atoms with Gasteiger partial charge in [0.2, 0.25) is 5.95 Å². The number of fused-ring (bicyclic) bond motifs is 1. The van der Waals surface area contributed by atoms with Gasteiger partial charge in [-0.25, -0.2) is 4.79 Å². The van der Waals surface area contributed by atoms with Crippen LogP contribution in [-0.4, -0.2) is 38.3 Å². The molecular weight excluding hydrogens is 368 g/mol. The Bertz CT molecular complexity index is 1080. The van der Waals surface area contributed by atoms with Crippen molar-refractivity contribution in [2.75, 3.05) is 25.0 Å². The number of aryl methyl sites for hydroxylation is 2. The molecule has 3 aromatic rings. The summed E-state index contributed by atoms with van der Waals surface area (Å²) in [5.74, 6) is 0.551. The predicted molar refractivity (Wildman–Crippen MR) is 108 cm³/mol. The maximum Gasteiger partial charge on any atom is 0.332 e. The van der Waals surface area contributed by atoms with E-state index in [1.165, 1.54) is 9.13 Å². The molecule has 3 rings (SSSR count). The standard InChI is InChI=1S/C18H23ClN6O2/c1-4-20-8-9-21-17-22-15-14(23(17)2)16(26)25(18(27)24(15)3)11-12-6-5-7-13(19)10-12/h5-7,10,20H,4,8-9,11H2,1-3H3,(H,21,22). The number of likely N-dealkylation sites (N-methyl/N-ethyl adjacent to an activating group) is 1. The third-order valence-electron chi connectivity index (χ3n) is 4.42. The molecule has 0 spiro atoms. The number of benzene rings is 1. The van der Waals surface area contributed by atoms with Crippen molar-refractivity contribution in [3.63, 3.8) is 0 Å². The van der Waals surface area contributed by atoms with Crippen LogP contribution in [-0.2, 0) is 20.6 Å². The van der Waals surface area contributed by atoms with Gasteiger partial charge in [0.25, 0.3) is 5.56 Å². The topological polar surface area (TPSA) is 85.9 Å². The highest BCUT2D eigenvalue weighted by atomic mass is 35.5. The van der Waals surface area contributed by atoms with E-state index in [1.807, 2.05) is 13.0 Å². The Morgan fingerprint density at radius 1 is 1.15 bits per heavy atom. The number of imidazole rings is 1. The highest BCUT2D eigenvalue weighted by molar-refractivity contribution is 6.30. The summed E-state index contributed by atoms with van der Waals surface area (Å²) in [4.78, 5) is 30.2. The Balaban J connectivity index is 2.05. The number of hydrogen-bond donors (Lipinski definition) is 2. The van der Waals surface area contributed by atoms with E-state index < -0.39 is 5.69 Å². The molecule has 1 aromatic carbocycles. The van der Waals surface area contributed by atoms with E-state index in [2.05, 4.69) is 15.6 Å². The Morgan fingerprint density at radius 2 is 1.93 bits per heavy atom. The van der Waals surface area contributed by atoms with Crippen molar-refractivity contribution in [3.8, 4) is 0 Å². The molecule has 144 valence electrons. The van der Waals surface area contributed by atoms with Crippen LogP contribution in [0.2, 0.25) is 5.02 Å². The molecule has 9 heteroatoms. The fraction of sp³-hybridized carbons (Fsp3) is 0.389. The minimum atomic E-state index is -0.412. The number of halogens is 1. The zero-order chi connectivity index (χ0) is 19.6. The van der Waals surface area contributed by atoms with Gasteiger partial charge in [-0.05, 0) is 24.2 Å². The largest absolute Gasteiger partial charge is 0.354 e. The maximum absolute atomic E-state index is 13.0. The van der Waals surface area contributed by atoms with Crippen LogP contribution in [0.5, 0.6) is 0 Å². The van der Waals surface area contributed by atoms with Crippen LogP contribution < -0.4 is 21.9 Å². The normalized spacial score (nSPS) is 11.3. The lowest BCUT2D eigenvalue weighted by molar-refractivity contribution is 0.655. The summed E-state index contributed by atoms with van der Waals surface area (Å²) >= 11 is 6.02. The predicted octanol–water partition coefficient (Wildman–Crippen LogP) is 1.16. The summed E-state index contributed by atoms with van der Waals surface area (Å²) in [5.41, 5.74) is 0.741. The van der Waals surface area contributed by atoms with E-state index in [1.54, 1.807) is 36.9 Å². The van der Waals surface area contributed by atoms with Gasteiger partial charge in [0.1, 0.15) is 0 Å². The van der Waals surface area contributed by atoms with Crippen molar-refractivity contribution in [1.29, 1.82) is 0 Å². The van der Waals surface area contributed by atoms with Gasteiger partial charge in [0.15, 0.2) is 11.2 Å². The van der Waals surface area contributed by atoms with Gasteiger partial charge >= 0.3 is 5.69 Å². The molecule has 2 N–H and O–H groups in total. The van der Waals surface area contributed by atoms with Gasteiger partial charge in [-0.1, -0.05) is 30.7 Å². The third-order valence-corrected chi connectivity index (χ3v) is 4.66. The highest BCUT2D eigenvalue weighted by Gasteiger charge is 2.18. The van der Waals surface area contributed by atoms with Crippen LogP contribution in [0.25, 0.3) is 11.2 Å². The molecule has 0 aliphatic rings. The molecule has 0 saturated carbocycles. The molecule has 0 bridgehead atoms. The molecule has 0 saturated heterocycles. The molecular formula is C18H23ClN6O2. The first kappa shape index (κ1) is 19.2. The number of nitrogens with one attached hydrogen (secondary N) is 2. The summed E-state index contributed by atoms with van der Waals surface area (Å²) in [6.45, 7) is 4.50. The lowest BCUT2D eigenvalue weighted by Crippen LogP contribution is -2.39. The Kier molecular flexibility index (Phi) is 5.67. The average molecular weight is 391 g/mol. The third kappa shape index (κ3) is 3.77. The summed E-state index contributed by atoms with van der Waals surface area (Å²) in [6, 6.07) is 7.12. The first-order valence-electron chi connectivity index (χ1n) is 8.79. The van der Waals surface area contributed by atoms with Gasteiger partial charge in [0, 0.05) is 32.2 Å². The summed E-state index contributed by atoms with van der Waals surface area (Å²) in [6.07, 6.45) is 0. The fourth-order valence-electron chi connectivity index (χ4n) is 3.00. The van der Waals surface area contributed by atoms with E-state index in [0.29, 0.717) is 28.7 Å². The molecule has 0 atom stereocenters. The van der Waals surface area contributed by atoms with E-state index >= 15 is 0 Å². The van der Waals surface area contributed by atoms with Crippen molar-refractivity contribution in [2.45, 2.75) is 13.5 Å². The first-order valence-corrected chi connectivity index (χ1v) is 9.17. The Labute approximate surface area is 161 Å². The van der Waals surface area contributed by atoms with Crippen LogP contribution in [0.4, 0.5) is 5.95 Å². The smallest absolute Gasteiger partial charge is 0.332 e. The van der Waals surface area contributed by atoms with Crippen LogP contribution in [0.1, 0.15) is 12.5 Å². The molecule has 0 radical (unpaired) electrons. The van der Waals surface area contributed by atoms with E-state index in [0.717, 1.165) is 18.7 Å². The fourth-order valence-corrected chi connectivity index (χ4v) is 3.21. The average Bonchev–Trinajstić information content (AvgIpc) is 2.97. The number of rotatable bonds is 7. The van der Waals surface area contributed by atoms with Gasteiger partial charge in [-0.2, -0.15) is 4.98 Å². The molecule has 0 fully saturated rings. The molecule has 0 amide bonds. The number of nitrogens with zero attached hydrogens (tertiary/aromatic N) is 4. The molecule has 0 aliphatic carbocycles. The molecule has 8 nitrogen and oxygen atoms in total. The lowest BCUT2D eigenvalue weighted by Gasteiger charge is -2.09. The van der Waals surface area contributed by atoms with Crippen LogP contribution in [0, 0.1) is 0 Å². The van der Waals surface area contributed by atoms with Gasteiger partial charge in [-0.3, -0.25) is 13.9 Å². The monoisotopic (exact) mass is 390 g/mol. The molecule has 2 heterocycles. The summed E-state index contributed by atoms with van der Waals surface area (Å²) in [7, 11) is 3.38. The van der Waals surface area contributed by atoms with E-state index in [4.69, 9.17) is 11.6 Å². The highest BCUT2D eigenvalue weighted by Crippen LogP contribution is 2.14. The summed E-state index contributed by atoms with van der Waals surface area (Å²) < 4.78 is 4.30. The molecule has 2 aromatic heterocycles. The van der Waals surface area contributed by atoms with Gasteiger partial charge in [0.05, 0.1) is 6.54 Å². The first-order chi connectivity index (χ1) is 12.9. The second-order valence-corrected chi connectivity index (χ2v) is 6.75. The van der Waals surface area contributed by atoms with Crippen LogP contribution in [0.15, 0.2) is 33.9 Å². The minimum absolute atomic E-state index is 0.149. The molecule has 27 heavy (non-hydrogen) atoms. The molecule has 0 aliphatic heterocycles. The lowest BCUT2D eigenvalue weighted by atomic mass is 10.2. The SMILES string of the molecule is CCNCCNc1nc2c(c(=O)n(Cc3cccc(Cl)c3)c(=O)n2C)n1C. The van der Waals surface area contributed by atoms with Crippen molar-refractivity contribution >= 4 is 28.7 Å². The summed E-state index contributed by atoms with van der Waals surface area (Å²) in [5, 5.41) is 6.97.